The van der Waals surface area contributed by atoms with Crippen LogP contribution in [0, 0.1) is 10.1 Å². The third kappa shape index (κ3) is 2.15. The Hall–Kier alpha value is -1.96. The SMILES string of the molecule is CNc1ncnc(NC2CCN3CCCC23)c1[N+](=O)[O-]. The third-order valence-electron chi connectivity index (χ3n) is 4.17. The Bertz CT molecular complexity index is 523. The van der Waals surface area contributed by atoms with Crippen LogP contribution in [-0.4, -0.2) is 52.0 Å². The van der Waals surface area contributed by atoms with Gasteiger partial charge in [0, 0.05) is 25.7 Å². The number of anilines is 2. The van der Waals surface area contributed by atoms with Crippen molar-refractivity contribution in [2.24, 2.45) is 0 Å². The highest BCUT2D eigenvalue weighted by Gasteiger charge is 2.38. The summed E-state index contributed by atoms with van der Waals surface area (Å²) in [7, 11) is 1.62. The fourth-order valence-corrected chi connectivity index (χ4v) is 3.27. The predicted molar refractivity (Wildman–Crippen MR) is 74.9 cm³/mol. The molecule has 1 aromatic rings. The predicted octanol–water partition coefficient (Wildman–Crippen LogP) is 1.08. The molecule has 0 bridgehead atoms. The number of fused-ring (bicyclic) bond motifs is 1. The number of hydrogen-bond donors (Lipinski definition) is 2. The fraction of sp³-hybridized carbons (Fsp3) is 0.667. The largest absolute Gasteiger partial charge is 0.367 e. The molecule has 8 nitrogen and oxygen atoms in total. The van der Waals surface area contributed by atoms with Gasteiger partial charge >= 0.3 is 5.69 Å². The van der Waals surface area contributed by atoms with Crippen LogP contribution in [0.5, 0.6) is 0 Å². The molecule has 1 aromatic heterocycles. The summed E-state index contributed by atoms with van der Waals surface area (Å²) in [6.07, 6.45) is 4.70. The van der Waals surface area contributed by atoms with Gasteiger partial charge in [0.25, 0.3) is 0 Å². The summed E-state index contributed by atoms with van der Waals surface area (Å²) in [6.45, 7) is 2.19. The molecule has 20 heavy (non-hydrogen) atoms. The van der Waals surface area contributed by atoms with Crippen molar-refractivity contribution in [3.63, 3.8) is 0 Å². The van der Waals surface area contributed by atoms with Gasteiger partial charge in [0.2, 0.25) is 11.6 Å². The second kappa shape index (κ2) is 5.20. The summed E-state index contributed by atoms with van der Waals surface area (Å²) in [5.41, 5.74) is -0.0774. The molecule has 2 unspecified atom stereocenters. The van der Waals surface area contributed by atoms with Crippen molar-refractivity contribution in [2.45, 2.75) is 31.3 Å². The minimum atomic E-state index is -0.435. The van der Waals surface area contributed by atoms with Crippen molar-refractivity contribution in [2.75, 3.05) is 30.8 Å². The first-order valence-corrected chi connectivity index (χ1v) is 6.88. The molecule has 108 valence electrons. The number of rotatable bonds is 4. The highest BCUT2D eigenvalue weighted by molar-refractivity contribution is 5.69. The van der Waals surface area contributed by atoms with Gasteiger partial charge in [-0.05, 0) is 25.8 Å². The van der Waals surface area contributed by atoms with E-state index in [0.717, 1.165) is 25.9 Å². The zero-order valence-electron chi connectivity index (χ0n) is 11.4. The Morgan fingerprint density at radius 1 is 1.35 bits per heavy atom. The molecule has 2 saturated heterocycles. The Kier molecular flexibility index (Phi) is 3.39. The lowest BCUT2D eigenvalue weighted by atomic mass is 10.1. The number of hydrogen-bond acceptors (Lipinski definition) is 7. The van der Waals surface area contributed by atoms with E-state index in [4.69, 9.17) is 0 Å². The van der Waals surface area contributed by atoms with Crippen molar-refractivity contribution < 1.29 is 4.92 Å². The molecule has 0 aromatic carbocycles. The Morgan fingerprint density at radius 2 is 2.15 bits per heavy atom. The summed E-state index contributed by atoms with van der Waals surface area (Å²) >= 11 is 0. The van der Waals surface area contributed by atoms with Crippen molar-refractivity contribution >= 4 is 17.3 Å². The van der Waals surface area contributed by atoms with E-state index in [1.165, 1.54) is 12.7 Å². The molecule has 3 rings (SSSR count). The van der Waals surface area contributed by atoms with Gasteiger partial charge < -0.3 is 10.6 Å². The zero-order chi connectivity index (χ0) is 14.1. The third-order valence-corrected chi connectivity index (χ3v) is 4.17. The van der Waals surface area contributed by atoms with Crippen LogP contribution < -0.4 is 10.6 Å². The van der Waals surface area contributed by atoms with E-state index in [0.29, 0.717) is 11.9 Å². The van der Waals surface area contributed by atoms with Gasteiger partial charge in [0.05, 0.1) is 4.92 Å². The second-order valence-corrected chi connectivity index (χ2v) is 5.21. The van der Waals surface area contributed by atoms with Crippen molar-refractivity contribution in [3.8, 4) is 0 Å². The lowest BCUT2D eigenvalue weighted by molar-refractivity contribution is -0.383. The minimum absolute atomic E-state index is 0.0774. The summed E-state index contributed by atoms with van der Waals surface area (Å²) in [5.74, 6) is 0.557. The average Bonchev–Trinajstić information content (AvgIpc) is 3.03. The van der Waals surface area contributed by atoms with Crippen LogP contribution in [0.4, 0.5) is 17.3 Å². The molecule has 3 heterocycles. The standard InChI is InChI=1S/C12H18N6O2/c1-13-11-10(18(19)20)12(15-7-14-11)16-8-4-6-17-5-2-3-9(8)17/h7-9H,2-6H2,1H3,(H2,13,14,15,16). The van der Waals surface area contributed by atoms with Crippen molar-refractivity contribution in [3.05, 3.63) is 16.4 Å². The quantitative estimate of drug-likeness (QED) is 0.628. The maximum absolute atomic E-state index is 11.2. The van der Waals surface area contributed by atoms with Crippen LogP contribution in [0.15, 0.2) is 6.33 Å². The molecule has 0 spiro atoms. The van der Waals surface area contributed by atoms with Crippen LogP contribution in [-0.2, 0) is 0 Å². The van der Waals surface area contributed by atoms with Gasteiger partial charge in [-0.3, -0.25) is 15.0 Å². The van der Waals surface area contributed by atoms with Crippen LogP contribution in [0.3, 0.4) is 0 Å². The van der Waals surface area contributed by atoms with Gasteiger partial charge in [0.15, 0.2) is 0 Å². The maximum Gasteiger partial charge on any atom is 0.353 e. The molecule has 0 saturated carbocycles. The maximum atomic E-state index is 11.2. The van der Waals surface area contributed by atoms with Gasteiger partial charge in [-0.15, -0.1) is 0 Å². The smallest absolute Gasteiger partial charge is 0.353 e. The molecule has 0 aliphatic carbocycles. The fourth-order valence-electron chi connectivity index (χ4n) is 3.27. The van der Waals surface area contributed by atoms with Gasteiger partial charge in [-0.2, -0.15) is 0 Å². The van der Waals surface area contributed by atoms with Crippen LogP contribution in [0.2, 0.25) is 0 Å². The summed E-state index contributed by atoms with van der Waals surface area (Å²) in [5, 5.41) is 17.2. The number of nitrogens with zero attached hydrogens (tertiary/aromatic N) is 4. The number of nitrogens with one attached hydrogen (secondary N) is 2. The summed E-state index contributed by atoms with van der Waals surface area (Å²) < 4.78 is 0. The molecule has 2 aliphatic rings. The Balaban J connectivity index is 1.85. The highest BCUT2D eigenvalue weighted by atomic mass is 16.6. The Morgan fingerprint density at radius 3 is 2.90 bits per heavy atom. The van der Waals surface area contributed by atoms with E-state index in [1.54, 1.807) is 7.05 Å². The average molecular weight is 278 g/mol. The summed E-state index contributed by atoms with van der Waals surface area (Å²) in [6, 6.07) is 0.707. The van der Waals surface area contributed by atoms with E-state index in [2.05, 4.69) is 25.5 Å². The lowest BCUT2D eigenvalue weighted by Gasteiger charge is -2.21. The first-order valence-electron chi connectivity index (χ1n) is 6.88. The monoisotopic (exact) mass is 278 g/mol. The number of nitro groups is 1. The normalized spacial score (nSPS) is 25.4. The van der Waals surface area contributed by atoms with Crippen LogP contribution in [0.25, 0.3) is 0 Å². The highest BCUT2D eigenvalue weighted by Crippen LogP contribution is 2.33. The molecule has 2 fully saturated rings. The molecule has 2 atom stereocenters. The van der Waals surface area contributed by atoms with Gasteiger partial charge in [-0.25, -0.2) is 9.97 Å². The van der Waals surface area contributed by atoms with Crippen LogP contribution in [0.1, 0.15) is 19.3 Å². The van der Waals surface area contributed by atoms with E-state index >= 15 is 0 Å². The molecular formula is C12H18N6O2. The minimum Gasteiger partial charge on any atom is -0.367 e. The molecular weight excluding hydrogens is 260 g/mol. The summed E-state index contributed by atoms with van der Waals surface area (Å²) in [4.78, 5) is 21.2. The second-order valence-electron chi connectivity index (χ2n) is 5.21. The molecule has 2 aliphatic heterocycles. The topological polar surface area (TPSA) is 96.2 Å². The first-order chi connectivity index (χ1) is 9.70. The lowest BCUT2D eigenvalue weighted by Crippen LogP contribution is -2.34. The van der Waals surface area contributed by atoms with Crippen LogP contribution >= 0.6 is 0 Å². The molecule has 0 amide bonds. The molecule has 2 N–H and O–H groups in total. The molecule has 0 radical (unpaired) electrons. The first kappa shape index (κ1) is 13.0. The van der Waals surface area contributed by atoms with Crippen molar-refractivity contribution in [1.82, 2.24) is 14.9 Å². The van der Waals surface area contributed by atoms with Gasteiger partial charge in [0.1, 0.15) is 6.33 Å². The molecule has 8 heteroatoms. The number of aromatic nitrogens is 2. The van der Waals surface area contributed by atoms with Crippen molar-refractivity contribution in [1.29, 1.82) is 0 Å². The van der Waals surface area contributed by atoms with Gasteiger partial charge in [-0.1, -0.05) is 0 Å². The van der Waals surface area contributed by atoms with E-state index in [-0.39, 0.29) is 17.5 Å². The van der Waals surface area contributed by atoms with E-state index < -0.39 is 4.92 Å². The zero-order valence-corrected chi connectivity index (χ0v) is 11.4. The Labute approximate surface area is 116 Å². The van der Waals surface area contributed by atoms with E-state index in [9.17, 15) is 10.1 Å². The van der Waals surface area contributed by atoms with E-state index in [1.807, 2.05) is 0 Å².